The number of rotatable bonds is 2. The first-order chi connectivity index (χ1) is 6.74. The second-order valence-electron chi connectivity index (χ2n) is 2.79. The Morgan fingerprint density at radius 3 is 2.86 bits per heavy atom. The number of ether oxygens (including phenoxy) is 1. The number of fused-ring (bicyclic) bond motifs is 1. The Bertz CT molecular complexity index is 487. The standard InChI is InChI=1S/C10H7ClO3/c1-13-9-4-7(11)2-6-3-8(5-12)14-10(6)9/h2-5H,1H3. The fraction of sp³-hybridized carbons (Fsp3) is 0.100. The summed E-state index contributed by atoms with van der Waals surface area (Å²) in [6.07, 6.45) is 0.646. The van der Waals surface area contributed by atoms with E-state index in [1.165, 1.54) is 7.11 Å². The van der Waals surface area contributed by atoms with Gasteiger partial charge in [-0.3, -0.25) is 4.79 Å². The highest BCUT2D eigenvalue weighted by Crippen LogP contribution is 2.31. The molecule has 0 atom stereocenters. The Labute approximate surface area is 85.2 Å². The molecule has 4 heteroatoms. The van der Waals surface area contributed by atoms with E-state index in [1.807, 2.05) is 0 Å². The lowest BCUT2D eigenvalue weighted by Gasteiger charge is -2.00. The molecule has 0 saturated carbocycles. The molecule has 0 radical (unpaired) electrons. The van der Waals surface area contributed by atoms with Crippen LogP contribution >= 0.6 is 11.6 Å². The van der Waals surface area contributed by atoms with Crippen molar-refractivity contribution in [2.24, 2.45) is 0 Å². The van der Waals surface area contributed by atoms with E-state index >= 15 is 0 Å². The van der Waals surface area contributed by atoms with Gasteiger partial charge in [0.15, 0.2) is 23.4 Å². The van der Waals surface area contributed by atoms with Gasteiger partial charge in [0, 0.05) is 16.5 Å². The number of benzene rings is 1. The van der Waals surface area contributed by atoms with E-state index in [-0.39, 0.29) is 5.76 Å². The number of methoxy groups -OCH3 is 1. The average molecular weight is 211 g/mol. The number of hydrogen-bond donors (Lipinski definition) is 0. The van der Waals surface area contributed by atoms with Gasteiger partial charge in [-0.15, -0.1) is 0 Å². The molecule has 0 saturated heterocycles. The third kappa shape index (κ3) is 1.36. The maximum Gasteiger partial charge on any atom is 0.185 e. The predicted molar refractivity (Wildman–Crippen MR) is 53.2 cm³/mol. The Morgan fingerprint density at radius 2 is 2.21 bits per heavy atom. The molecule has 2 aromatic rings. The van der Waals surface area contributed by atoms with Crippen LogP contribution in [0.25, 0.3) is 11.0 Å². The molecular formula is C10H7ClO3. The summed E-state index contributed by atoms with van der Waals surface area (Å²) < 4.78 is 10.3. The third-order valence-corrected chi connectivity index (χ3v) is 2.12. The molecule has 0 amide bonds. The van der Waals surface area contributed by atoms with Crippen molar-refractivity contribution < 1.29 is 13.9 Å². The molecule has 1 heterocycles. The summed E-state index contributed by atoms with van der Waals surface area (Å²) in [5.41, 5.74) is 0.541. The molecule has 2 rings (SSSR count). The van der Waals surface area contributed by atoms with Crippen molar-refractivity contribution in [3.63, 3.8) is 0 Å². The van der Waals surface area contributed by atoms with Gasteiger partial charge in [-0.1, -0.05) is 11.6 Å². The van der Waals surface area contributed by atoms with Crippen LogP contribution in [0.1, 0.15) is 10.6 Å². The number of furan rings is 1. The van der Waals surface area contributed by atoms with Crippen LogP contribution < -0.4 is 4.74 Å². The second kappa shape index (κ2) is 3.35. The molecule has 72 valence electrons. The zero-order valence-electron chi connectivity index (χ0n) is 7.41. The van der Waals surface area contributed by atoms with Crippen LogP contribution in [0.15, 0.2) is 22.6 Å². The van der Waals surface area contributed by atoms with Crippen molar-refractivity contribution in [1.82, 2.24) is 0 Å². The number of aldehydes is 1. The first kappa shape index (κ1) is 9.09. The third-order valence-electron chi connectivity index (χ3n) is 1.90. The number of carbonyl (C=O) groups excluding carboxylic acids is 1. The van der Waals surface area contributed by atoms with Crippen LogP contribution in [0.3, 0.4) is 0 Å². The molecule has 0 bridgehead atoms. The summed E-state index contributed by atoms with van der Waals surface area (Å²) in [4.78, 5) is 10.5. The Balaban J connectivity index is 2.77. The fourth-order valence-corrected chi connectivity index (χ4v) is 1.53. The zero-order valence-corrected chi connectivity index (χ0v) is 8.17. The molecular weight excluding hydrogens is 204 g/mol. The van der Waals surface area contributed by atoms with Crippen LogP contribution in [0.5, 0.6) is 5.75 Å². The topological polar surface area (TPSA) is 39.4 Å². The minimum absolute atomic E-state index is 0.264. The molecule has 1 aromatic heterocycles. The molecule has 0 aliphatic rings. The Kier molecular flexibility index (Phi) is 2.17. The molecule has 0 aliphatic carbocycles. The van der Waals surface area contributed by atoms with Crippen molar-refractivity contribution in [3.8, 4) is 5.75 Å². The highest BCUT2D eigenvalue weighted by atomic mass is 35.5. The molecule has 3 nitrogen and oxygen atoms in total. The van der Waals surface area contributed by atoms with E-state index in [1.54, 1.807) is 18.2 Å². The van der Waals surface area contributed by atoms with Gasteiger partial charge in [-0.25, -0.2) is 0 Å². The summed E-state index contributed by atoms with van der Waals surface area (Å²) in [5.74, 6) is 0.793. The van der Waals surface area contributed by atoms with Gasteiger partial charge in [-0.2, -0.15) is 0 Å². The van der Waals surface area contributed by atoms with Gasteiger partial charge in [0.1, 0.15) is 0 Å². The minimum atomic E-state index is 0.264. The van der Waals surface area contributed by atoms with Gasteiger partial charge in [0.25, 0.3) is 0 Å². The molecule has 14 heavy (non-hydrogen) atoms. The highest BCUT2D eigenvalue weighted by molar-refractivity contribution is 6.31. The van der Waals surface area contributed by atoms with Gasteiger partial charge in [0.2, 0.25) is 0 Å². The van der Waals surface area contributed by atoms with Crippen molar-refractivity contribution in [3.05, 3.63) is 29.0 Å². The SMILES string of the molecule is COc1cc(Cl)cc2cc(C=O)oc12. The highest BCUT2D eigenvalue weighted by Gasteiger charge is 2.09. The summed E-state index contributed by atoms with van der Waals surface area (Å²) in [6, 6.07) is 4.98. The second-order valence-corrected chi connectivity index (χ2v) is 3.23. The lowest BCUT2D eigenvalue weighted by molar-refractivity contribution is 0.110. The van der Waals surface area contributed by atoms with Crippen LogP contribution in [0.2, 0.25) is 5.02 Å². The largest absolute Gasteiger partial charge is 0.493 e. The van der Waals surface area contributed by atoms with Crippen LogP contribution in [-0.2, 0) is 0 Å². The maximum absolute atomic E-state index is 10.5. The summed E-state index contributed by atoms with van der Waals surface area (Å²) in [7, 11) is 1.52. The van der Waals surface area contributed by atoms with E-state index in [9.17, 15) is 4.79 Å². The Hall–Kier alpha value is -1.48. The minimum Gasteiger partial charge on any atom is -0.493 e. The van der Waals surface area contributed by atoms with Crippen molar-refractivity contribution in [1.29, 1.82) is 0 Å². The summed E-state index contributed by atoms with van der Waals surface area (Å²) in [6.45, 7) is 0. The van der Waals surface area contributed by atoms with Crippen molar-refractivity contribution >= 4 is 28.9 Å². The molecule has 0 fully saturated rings. The normalized spacial score (nSPS) is 10.4. The molecule has 0 N–H and O–H groups in total. The van der Waals surface area contributed by atoms with Gasteiger partial charge < -0.3 is 9.15 Å². The number of carbonyl (C=O) groups is 1. The van der Waals surface area contributed by atoms with E-state index < -0.39 is 0 Å². The summed E-state index contributed by atoms with van der Waals surface area (Å²) >= 11 is 5.85. The van der Waals surface area contributed by atoms with E-state index in [0.717, 1.165) is 5.39 Å². The first-order valence-electron chi connectivity index (χ1n) is 3.97. The lowest BCUT2D eigenvalue weighted by atomic mass is 10.2. The molecule has 0 spiro atoms. The van der Waals surface area contributed by atoms with Crippen LogP contribution in [0.4, 0.5) is 0 Å². The van der Waals surface area contributed by atoms with E-state index in [4.69, 9.17) is 20.8 Å². The van der Waals surface area contributed by atoms with E-state index in [0.29, 0.717) is 22.6 Å². The number of halogens is 1. The molecule has 0 unspecified atom stereocenters. The molecule has 0 aliphatic heterocycles. The average Bonchev–Trinajstić information content (AvgIpc) is 2.59. The summed E-state index contributed by atoms with van der Waals surface area (Å²) in [5, 5.41) is 1.31. The first-order valence-corrected chi connectivity index (χ1v) is 4.34. The predicted octanol–water partition coefficient (Wildman–Crippen LogP) is 2.91. The molecule has 1 aromatic carbocycles. The van der Waals surface area contributed by atoms with E-state index in [2.05, 4.69) is 0 Å². The van der Waals surface area contributed by atoms with Crippen molar-refractivity contribution in [2.75, 3.05) is 7.11 Å². The quantitative estimate of drug-likeness (QED) is 0.716. The fourth-order valence-electron chi connectivity index (χ4n) is 1.32. The zero-order chi connectivity index (χ0) is 10.1. The lowest BCUT2D eigenvalue weighted by Crippen LogP contribution is -1.82. The maximum atomic E-state index is 10.5. The smallest absolute Gasteiger partial charge is 0.185 e. The van der Waals surface area contributed by atoms with Gasteiger partial charge in [0.05, 0.1) is 7.11 Å². The van der Waals surface area contributed by atoms with Crippen molar-refractivity contribution in [2.45, 2.75) is 0 Å². The number of hydrogen-bond acceptors (Lipinski definition) is 3. The van der Waals surface area contributed by atoms with Crippen LogP contribution in [0, 0.1) is 0 Å². The monoisotopic (exact) mass is 210 g/mol. The van der Waals surface area contributed by atoms with Crippen LogP contribution in [-0.4, -0.2) is 13.4 Å². The van der Waals surface area contributed by atoms with Gasteiger partial charge >= 0.3 is 0 Å². The Morgan fingerprint density at radius 1 is 1.43 bits per heavy atom. The van der Waals surface area contributed by atoms with Gasteiger partial charge in [-0.05, 0) is 12.1 Å².